The number of hydrazine groups is 1. The molecule has 0 radical (unpaired) electrons. The molecule has 2 aromatic heterocycles. The Balaban J connectivity index is 1.47. The van der Waals surface area contributed by atoms with Gasteiger partial charge in [0.2, 0.25) is 0 Å². The summed E-state index contributed by atoms with van der Waals surface area (Å²) < 4.78 is 30.6. The van der Waals surface area contributed by atoms with Crippen LogP contribution in [0.2, 0.25) is 0 Å². The fourth-order valence-corrected chi connectivity index (χ4v) is 4.44. The van der Waals surface area contributed by atoms with Crippen molar-refractivity contribution in [3.05, 3.63) is 59.0 Å². The molecule has 2 aliphatic rings. The van der Waals surface area contributed by atoms with Gasteiger partial charge in [0, 0.05) is 10.5 Å². The topological polar surface area (TPSA) is 188 Å². The van der Waals surface area contributed by atoms with Crippen LogP contribution in [0.15, 0.2) is 48.1 Å². The first-order valence-electron chi connectivity index (χ1n) is 12.2. The van der Waals surface area contributed by atoms with Gasteiger partial charge in [0.25, 0.3) is 0 Å². The number of rotatable bonds is 7. The molecule has 3 aromatic rings. The van der Waals surface area contributed by atoms with Gasteiger partial charge in [0.05, 0.1) is 26.1 Å². The van der Waals surface area contributed by atoms with Crippen molar-refractivity contribution in [1.82, 2.24) is 30.0 Å². The summed E-state index contributed by atoms with van der Waals surface area (Å²) in [6.07, 6.45) is -2.54. The minimum Gasteiger partial charge on any atom is -0.449 e. The highest BCUT2D eigenvalue weighted by Crippen LogP contribution is 2.45. The van der Waals surface area contributed by atoms with E-state index in [1.807, 2.05) is 30.3 Å². The summed E-state index contributed by atoms with van der Waals surface area (Å²) in [5, 5.41) is 4.54. The van der Waals surface area contributed by atoms with Gasteiger partial charge >= 0.3 is 12.2 Å². The number of hydrogen-bond donors (Lipinski definition) is 1. The second-order valence-electron chi connectivity index (χ2n) is 8.36. The molecule has 1 unspecified atom stereocenters. The van der Waals surface area contributed by atoms with Gasteiger partial charge in [-0.15, -0.1) is 0 Å². The Hall–Kier alpha value is -4.50. The lowest BCUT2D eigenvalue weighted by atomic mass is 10.1. The van der Waals surface area contributed by atoms with E-state index in [4.69, 9.17) is 29.2 Å². The van der Waals surface area contributed by atoms with Crippen molar-refractivity contribution in [2.45, 2.75) is 44.7 Å². The van der Waals surface area contributed by atoms with Crippen molar-refractivity contribution in [3.63, 3.8) is 0 Å². The number of amides is 2. The van der Waals surface area contributed by atoms with Crippen LogP contribution in [-0.2, 0) is 23.7 Å². The molecule has 4 heterocycles. The van der Waals surface area contributed by atoms with Crippen LogP contribution in [-0.4, -0.2) is 74.8 Å². The van der Waals surface area contributed by atoms with E-state index in [2.05, 4.69) is 30.4 Å². The maximum Gasteiger partial charge on any atom is 0.428 e. The Kier molecular flexibility index (Phi) is 7.69. The van der Waals surface area contributed by atoms with Crippen molar-refractivity contribution >= 4 is 29.2 Å². The fourth-order valence-electron chi connectivity index (χ4n) is 4.44. The second kappa shape index (κ2) is 11.5. The molecule has 2 fully saturated rings. The van der Waals surface area contributed by atoms with Crippen molar-refractivity contribution in [2.24, 2.45) is 5.11 Å². The summed E-state index contributed by atoms with van der Waals surface area (Å²) in [5.74, 6) is 0.0604. The van der Waals surface area contributed by atoms with Crippen LogP contribution in [0.4, 0.5) is 15.4 Å². The Bertz CT molecular complexity index is 1380. The zero-order valence-corrected chi connectivity index (χ0v) is 21.0. The highest BCUT2D eigenvalue weighted by atomic mass is 16.8. The van der Waals surface area contributed by atoms with E-state index in [0.717, 1.165) is 10.6 Å². The third-order valence-electron chi connectivity index (χ3n) is 6.02. The number of hydrogen-bond acceptors (Lipinski definition) is 11. The first-order valence-corrected chi connectivity index (χ1v) is 12.2. The minimum atomic E-state index is -0.828. The molecule has 5 rings (SSSR count). The molecule has 1 N–H and O–H groups in total. The van der Waals surface area contributed by atoms with Crippen LogP contribution < -0.4 is 5.43 Å². The Morgan fingerprint density at radius 2 is 1.87 bits per heavy atom. The summed E-state index contributed by atoms with van der Waals surface area (Å²) >= 11 is 0. The molecule has 16 heteroatoms. The second-order valence-corrected chi connectivity index (χ2v) is 8.36. The van der Waals surface area contributed by atoms with E-state index in [1.54, 1.807) is 18.4 Å². The molecule has 2 saturated heterocycles. The predicted octanol–water partition coefficient (Wildman–Crippen LogP) is 3.27. The zero-order chi connectivity index (χ0) is 27.4. The van der Waals surface area contributed by atoms with Gasteiger partial charge in [-0.2, -0.15) is 0 Å². The van der Waals surface area contributed by atoms with E-state index in [9.17, 15) is 9.59 Å². The number of nitrogens with one attached hydrogen (secondary N) is 1. The molecule has 1 aromatic carbocycles. The minimum absolute atomic E-state index is 0.0604. The number of carbonyl (C=O) groups is 2. The number of carbonyl (C=O) groups excluding carboxylic acids is 2. The number of ether oxygens (including phenoxy) is 5. The maximum atomic E-state index is 12.7. The SMILES string of the molecule is CCOC(=O)NN(C[C@H]1O[C@@H](n2cnc3c(N=[N+]=[N-])ncnc32)[C@@H]2OC(c3ccccc3)O[C@@H]21)C(=O)OCC. The van der Waals surface area contributed by atoms with Crippen LogP contribution in [0.3, 0.4) is 0 Å². The van der Waals surface area contributed by atoms with Gasteiger partial charge in [-0.05, 0) is 24.5 Å². The summed E-state index contributed by atoms with van der Waals surface area (Å²) in [4.78, 5) is 40.2. The largest absolute Gasteiger partial charge is 0.449 e. The molecule has 0 saturated carbocycles. The Morgan fingerprint density at radius 3 is 2.62 bits per heavy atom. The molecule has 0 aliphatic carbocycles. The smallest absolute Gasteiger partial charge is 0.428 e. The summed E-state index contributed by atoms with van der Waals surface area (Å²) in [6.45, 7) is 3.34. The van der Waals surface area contributed by atoms with Gasteiger partial charge < -0.3 is 23.7 Å². The summed E-state index contributed by atoms with van der Waals surface area (Å²) in [7, 11) is 0. The summed E-state index contributed by atoms with van der Waals surface area (Å²) in [6, 6.07) is 9.35. The van der Waals surface area contributed by atoms with E-state index < -0.39 is 43.0 Å². The number of benzene rings is 1. The number of azide groups is 1. The van der Waals surface area contributed by atoms with E-state index in [0.29, 0.717) is 5.65 Å². The lowest BCUT2D eigenvalue weighted by molar-refractivity contribution is -0.150. The Morgan fingerprint density at radius 1 is 1.10 bits per heavy atom. The zero-order valence-electron chi connectivity index (χ0n) is 21.0. The molecule has 16 nitrogen and oxygen atoms in total. The fraction of sp³-hybridized carbons (Fsp3) is 0.435. The third-order valence-corrected chi connectivity index (χ3v) is 6.02. The molecular formula is C23H25N9O7. The summed E-state index contributed by atoms with van der Waals surface area (Å²) in [5.41, 5.74) is 12.7. The highest BCUT2D eigenvalue weighted by molar-refractivity contribution is 5.80. The first-order chi connectivity index (χ1) is 19.0. The van der Waals surface area contributed by atoms with Crippen LogP contribution >= 0.6 is 0 Å². The van der Waals surface area contributed by atoms with Gasteiger partial charge in [0.15, 0.2) is 24.0 Å². The van der Waals surface area contributed by atoms with Gasteiger partial charge in [-0.3, -0.25) is 4.57 Å². The van der Waals surface area contributed by atoms with Crippen molar-refractivity contribution in [2.75, 3.05) is 19.8 Å². The number of nitrogens with zero attached hydrogens (tertiary/aromatic N) is 8. The molecule has 39 heavy (non-hydrogen) atoms. The van der Waals surface area contributed by atoms with Crippen molar-refractivity contribution in [1.29, 1.82) is 0 Å². The van der Waals surface area contributed by atoms with Crippen LogP contribution in [0.25, 0.3) is 21.6 Å². The van der Waals surface area contributed by atoms with Crippen LogP contribution in [0.1, 0.15) is 31.9 Å². The van der Waals surface area contributed by atoms with Gasteiger partial charge in [0.1, 0.15) is 30.2 Å². The standard InChI is InChI=1S/C23H25N9O7/c1-3-35-22(33)29-32(23(34)36-4-2)10-14-16-17(39-21(38-16)13-8-6-5-7-9-13)20(37-14)31-12-27-15-18(28-30-24)25-11-26-19(15)31/h5-9,11-12,14,16-17,20-21H,3-4,10H2,1-2H3,(H,29,33)/t14-,16-,17-,20-,21?/m1/s1. The molecular weight excluding hydrogens is 514 g/mol. The average Bonchev–Trinajstić information content (AvgIpc) is 3.64. The Labute approximate surface area is 221 Å². The van der Waals surface area contributed by atoms with Crippen LogP contribution in [0, 0.1) is 0 Å². The van der Waals surface area contributed by atoms with E-state index in [1.165, 1.54) is 12.7 Å². The van der Waals surface area contributed by atoms with Crippen LogP contribution in [0.5, 0.6) is 0 Å². The van der Waals surface area contributed by atoms with Crippen molar-refractivity contribution in [3.8, 4) is 0 Å². The molecule has 2 aliphatic heterocycles. The number of fused-ring (bicyclic) bond motifs is 2. The van der Waals surface area contributed by atoms with Gasteiger partial charge in [-0.1, -0.05) is 30.3 Å². The molecule has 0 bridgehead atoms. The lowest BCUT2D eigenvalue weighted by Gasteiger charge is -2.27. The van der Waals surface area contributed by atoms with E-state index in [-0.39, 0.29) is 31.1 Å². The van der Waals surface area contributed by atoms with Crippen molar-refractivity contribution < 1.29 is 33.3 Å². The number of imidazole rings is 1. The number of aromatic nitrogens is 4. The first kappa shape index (κ1) is 26.1. The monoisotopic (exact) mass is 539 g/mol. The van der Waals surface area contributed by atoms with Gasteiger partial charge in [-0.25, -0.2) is 35.0 Å². The molecule has 2 amide bonds. The quantitative estimate of drug-likeness (QED) is 0.202. The molecule has 5 atom stereocenters. The predicted molar refractivity (Wildman–Crippen MR) is 131 cm³/mol. The highest BCUT2D eigenvalue weighted by Gasteiger charge is 2.54. The maximum absolute atomic E-state index is 12.7. The van der Waals surface area contributed by atoms with E-state index >= 15 is 0 Å². The molecule has 0 spiro atoms. The molecule has 204 valence electrons. The normalized spacial score (nSPS) is 23.6. The average molecular weight is 540 g/mol. The lowest BCUT2D eigenvalue weighted by Crippen LogP contribution is -2.51. The third kappa shape index (κ3) is 5.26.